The minimum absolute atomic E-state index is 0.0485. The third-order valence-corrected chi connectivity index (χ3v) is 5.65. The monoisotopic (exact) mass is 361 g/mol. The molecule has 1 aliphatic carbocycles. The van der Waals surface area contributed by atoms with E-state index in [2.05, 4.69) is 4.72 Å². The second-order valence-electron chi connectivity index (χ2n) is 5.09. The summed E-state index contributed by atoms with van der Waals surface area (Å²) in [4.78, 5) is 12.0. The Hall–Kier alpha value is -1.60. The Morgan fingerprint density at radius 2 is 2.22 bits per heavy atom. The van der Waals surface area contributed by atoms with E-state index in [1.54, 1.807) is 19.1 Å². The summed E-state index contributed by atoms with van der Waals surface area (Å²) in [5.74, 6) is -2.02. The van der Waals surface area contributed by atoms with Crippen molar-refractivity contribution in [2.24, 2.45) is 5.92 Å². The van der Waals surface area contributed by atoms with Crippen molar-refractivity contribution in [1.82, 2.24) is 0 Å². The van der Waals surface area contributed by atoms with Gasteiger partial charge in [-0.05, 0) is 38.0 Å². The molecule has 0 radical (unpaired) electrons. The molecule has 0 aromatic heterocycles. The zero-order valence-electron chi connectivity index (χ0n) is 12.5. The molecule has 1 N–H and O–H groups in total. The average molecular weight is 362 g/mol. The zero-order valence-corrected chi connectivity index (χ0v) is 14.0. The fourth-order valence-electron chi connectivity index (χ4n) is 2.43. The van der Waals surface area contributed by atoms with Gasteiger partial charge < -0.3 is 4.74 Å². The van der Waals surface area contributed by atoms with Crippen LogP contribution in [-0.2, 0) is 19.6 Å². The van der Waals surface area contributed by atoms with Gasteiger partial charge >= 0.3 is 5.97 Å². The molecular weight excluding hydrogens is 345 g/mol. The molecule has 126 valence electrons. The van der Waals surface area contributed by atoms with Crippen molar-refractivity contribution in [2.75, 3.05) is 11.3 Å². The first-order valence-corrected chi connectivity index (χ1v) is 9.07. The Balaban J connectivity index is 2.26. The summed E-state index contributed by atoms with van der Waals surface area (Å²) >= 11 is 5.85. The van der Waals surface area contributed by atoms with E-state index in [-0.39, 0.29) is 23.7 Å². The predicted molar refractivity (Wildman–Crippen MR) is 86.2 cm³/mol. The molecule has 0 heterocycles. The lowest BCUT2D eigenvalue weighted by molar-refractivity contribution is -0.146. The number of halogens is 2. The molecule has 0 spiro atoms. The molecule has 0 saturated carbocycles. The fourth-order valence-corrected chi connectivity index (χ4v) is 4.37. The number of nitrogens with one attached hydrogen (secondary N) is 1. The van der Waals surface area contributed by atoms with Crippen molar-refractivity contribution in [3.8, 4) is 0 Å². The maximum atomic E-state index is 13.1. The molecule has 5 nitrogen and oxygen atoms in total. The largest absolute Gasteiger partial charge is 0.466 e. The van der Waals surface area contributed by atoms with Gasteiger partial charge in [-0.3, -0.25) is 9.52 Å². The Morgan fingerprint density at radius 3 is 2.87 bits per heavy atom. The van der Waals surface area contributed by atoms with Crippen molar-refractivity contribution >= 4 is 33.3 Å². The van der Waals surface area contributed by atoms with E-state index in [0.29, 0.717) is 6.42 Å². The molecule has 2 unspecified atom stereocenters. The molecule has 23 heavy (non-hydrogen) atoms. The maximum absolute atomic E-state index is 13.1. The molecule has 0 bridgehead atoms. The van der Waals surface area contributed by atoms with Crippen LogP contribution >= 0.6 is 11.6 Å². The molecule has 8 heteroatoms. The molecule has 2 rings (SSSR count). The number of hydrogen-bond donors (Lipinski definition) is 1. The van der Waals surface area contributed by atoms with Crippen LogP contribution in [0.4, 0.5) is 10.1 Å². The second-order valence-corrected chi connectivity index (χ2v) is 7.40. The predicted octanol–water partition coefficient (Wildman–Crippen LogP) is 3.12. The summed E-state index contributed by atoms with van der Waals surface area (Å²) in [5.41, 5.74) is 0.0743. The number of hydrogen-bond acceptors (Lipinski definition) is 4. The van der Waals surface area contributed by atoms with E-state index < -0.39 is 33.0 Å². The summed E-state index contributed by atoms with van der Waals surface area (Å²) in [5, 5.41) is -1.01. The summed E-state index contributed by atoms with van der Waals surface area (Å²) in [6, 6.07) is 3.36. The highest BCUT2D eigenvalue weighted by Crippen LogP contribution is 2.30. The van der Waals surface area contributed by atoms with E-state index in [1.807, 2.05) is 0 Å². The van der Waals surface area contributed by atoms with Crippen LogP contribution in [0.5, 0.6) is 0 Å². The SMILES string of the molecule is CCOC(=O)C1C=CCCC1S(=O)(=O)Nc1ccc(F)cc1Cl. The van der Waals surface area contributed by atoms with Crippen LogP contribution in [0, 0.1) is 11.7 Å². The van der Waals surface area contributed by atoms with Crippen LogP contribution in [0.15, 0.2) is 30.4 Å². The van der Waals surface area contributed by atoms with Gasteiger partial charge in [0.15, 0.2) is 0 Å². The lowest BCUT2D eigenvalue weighted by Gasteiger charge is -2.26. The van der Waals surface area contributed by atoms with Crippen LogP contribution in [0.25, 0.3) is 0 Å². The van der Waals surface area contributed by atoms with Crippen LogP contribution < -0.4 is 4.72 Å². The van der Waals surface area contributed by atoms with Gasteiger partial charge in [0.25, 0.3) is 0 Å². The summed E-state index contributed by atoms with van der Waals surface area (Å²) < 4.78 is 45.5. The van der Waals surface area contributed by atoms with Crippen LogP contribution in [0.1, 0.15) is 19.8 Å². The number of carbonyl (C=O) groups excluding carboxylic acids is 1. The number of anilines is 1. The third kappa shape index (κ3) is 4.23. The average Bonchev–Trinajstić information content (AvgIpc) is 2.50. The molecule has 0 saturated heterocycles. The van der Waals surface area contributed by atoms with Gasteiger partial charge in [0.1, 0.15) is 5.82 Å². The minimum atomic E-state index is -3.89. The lowest BCUT2D eigenvalue weighted by atomic mass is 9.95. The molecule has 2 atom stereocenters. The van der Waals surface area contributed by atoms with Gasteiger partial charge in [-0.15, -0.1) is 0 Å². The number of carbonyl (C=O) groups is 1. The first-order chi connectivity index (χ1) is 10.8. The molecule has 0 amide bonds. The zero-order chi connectivity index (χ0) is 17.0. The van der Waals surface area contributed by atoms with E-state index in [4.69, 9.17) is 16.3 Å². The number of rotatable bonds is 5. The number of allylic oxidation sites excluding steroid dienone is 1. The fraction of sp³-hybridized carbons (Fsp3) is 0.400. The van der Waals surface area contributed by atoms with Crippen LogP contribution in [0.2, 0.25) is 5.02 Å². The Kier molecular flexibility index (Phi) is 5.64. The second kappa shape index (κ2) is 7.31. The minimum Gasteiger partial charge on any atom is -0.466 e. The van der Waals surface area contributed by atoms with Gasteiger partial charge in [0.2, 0.25) is 10.0 Å². The maximum Gasteiger partial charge on any atom is 0.314 e. The van der Waals surface area contributed by atoms with Crippen molar-refractivity contribution in [1.29, 1.82) is 0 Å². The van der Waals surface area contributed by atoms with Gasteiger partial charge in [-0.2, -0.15) is 0 Å². The normalized spacial score (nSPS) is 21.0. The number of benzene rings is 1. The van der Waals surface area contributed by atoms with Crippen LogP contribution in [-0.4, -0.2) is 26.2 Å². The summed E-state index contributed by atoms with van der Waals surface area (Å²) in [6.45, 7) is 1.83. The molecule has 0 aliphatic heterocycles. The Morgan fingerprint density at radius 1 is 1.48 bits per heavy atom. The van der Waals surface area contributed by atoms with Crippen LogP contribution in [0.3, 0.4) is 0 Å². The summed E-state index contributed by atoms with van der Waals surface area (Å²) in [6.07, 6.45) is 4.14. The Bertz CT molecular complexity index is 720. The third-order valence-electron chi connectivity index (χ3n) is 3.50. The first-order valence-electron chi connectivity index (χ1n) is 7.15. The molecule has 1 aliphatic rings. The molecule has 0 fully saturated rings. The molecule has 1 aromatic carbocycles. The highest BCUT2D eigenvalue weighted by Gasteiger charge is 2.38. The van der Waals surface area contributed by atoms with E-state index in [1.165, 1.54) is 6.07 Å². The first kappa shape index (κ1) is 17.7. The van der Waals surface area contributed by atoms with E-state index in [0.717, 1.165) is 12.1 Å². The van der Waals surface area contributed by atoms with E-state index in [9.17, 15) is 17.6 Å². The smallest absolute Gasteiger partial charge is 0.314 e. The van der Waals surface area contributed by atoms with Crippen molar-refractivity contribution in [3.05, 3.63) is 41.2 Å². The Labute approximate surface area is 139 Å². The van der Waals surface area contributed by atoms with Crippen molar-refractivity contribution in [3.63, 3.8) is 0 Å². The number of sulfonamides is 1. The number of ether oxygens (including phenoxy) is 1. The quantitative estimate of drug-likeness (QED) is 0.646. The molecule has 1 aromatic rings. The lowest BCUT2D eigenvalue weighted by Crippen LogP contribution is -2.39. The van der Waals surface area contributed by atoms with Crippen molar-refractivity contribution < 1.29 is 22.3 Å². The van der Waals surface area contributed by atoms with Gasteiger partial charge in [-0.25, -0.2) is 12.8 Å². The topological polar surface area (TPSA) is 72.5 Å². The van der Waals surface area contributed by atoms with E-state index >= 15 is 0 Å². The highest BCUT2D eigenvalue weighted by atomic mass is 35.5. The van der Waals surface area contributed by atoms with Gasteiger partial charge in [-0.1, -0.05) is 23.8 Å². The molecular formula is C15H17ClFNO4S. The highest BCUT2D eigenvalue weighted by molar-refractivity contribution is 7.93. The summed E-state index contributed by atoms with van der Waals surface area (Å²) in [7, 11) is -3.89. The van der Waals surface area contributed by atoms with Crippen molar-refractivity contribution in [2.45, 2.75) is 25.0 Å². The number of esters is 1. The van der Waals surface area contributed by atoms with Gasteiger partial charge in [0, 0.05) is 0 Å². The van der Waals surface area contributed by atoms with Gasteiger partial charge in [0.05, 0.1) is 28.5 Å². The standard InChI is InChI=1S/C15H17ClFNO4S/c1-2-22-15(19)11-5-3-4-6-14(11)23(20,21)18-13-8-7-10(17)9-12(13)16/h3,5,7-9,11,14,18H,2,4,6H2,1H3.